The zero-order chi connectivity index (χ0) is 10.6. The Balaban J connectivity index is 2.35. The van der Waals surface area contributed by atoms with Crippen LogP contribution in [0.3, 0.4) is 0 Å². The minimum absolute atomic E-state index is 0.0800. The van der Waals surface area contributed by atoms with Crippen LogP contribution in [0.2, 0.25) is 0 Å². The van der Waals surface area contributed by atoms with Crippen molar-refractivity contribution in [1.82, 2.24) is 5.32 Å². The van der Waals surface area contributed by atoms with E-state index in [2.05, 4.69) is 10.1 Å². The van der Waals surface area contributed by atoms with Gasteiger partial charge in [0.1, 0.15) is 0 Å². The summed E-state index contributed by atoms with van der Waals surface area (Å²) in [5.41, 5.74) is 0. The Kier molecular flexibility index (Phi) is 3.88. The molecule has 0 aliphatic carbocycles. The first-order valence-electron chi connectivity index (χ1n) is 4.54. The first kappa shape index (κ1) is 11.5. The van der Waals surface area contributed by atoms with Crippen molar-refractivity contribution in [3.63, 3.8) is 0 Å². The fourth-order valence-corrected chi connectivity index (χ4v) is 3.15. The molecule has 0 radical (unpaired) electrons. The summed E-state index contributed by atoms with van der Waals surface area (Å²) in [4.78, 5) is 10.8. The number of methoxy groups -OCH3 is 1. The summed E-state index contributed by atoms with van der Waals surface area (Å²) in [5.74, 6) is 0.0286. The van der Waals surface area contributed by atoms with E-state index in [0.29, 0.717) is 6.42 Å². The highest BCUT2D eigenvalue weighted by Crippen LogP contribution is 2.11. The molecule has 1 N–H and O–H groups in total. The number of esters is 1. The van der Waals surface area contributed by atoms with E-state index in [1.165, 1.54) is 7.11 Å². The molecule has 1 rings (SSSR count). The average Bonchev–Trinajstić information content (AvgIpc) is 2.12. The predicted octanol–water partition coefficient (Wildman–Crippen LogP) is -0.674. The van der Waals surface area contributed by atoms with E-state index in [4.69, 9.17) is 0 Å². The van der Waals surface area contributed by atoms with Crippen LogP contribution in [0, 0.1) is 0 Å². The van der Waals surface area contributed by atoms with E-state index in [9.17, 15) is 13.2 Å². The van der Waals surface area contributed by atoms with Gasteiger partial charge in [-0.1, -0.05) is 0 Å². The molecular formula is C8H15NO4S. The SMILES string of the molecule is COC(=O)CNC1CCCS(=O)(=O)C1. The quantitative estimate of drug-likeness (QED) is 0.640. The molecule has 1 fully saturated rings. The number of ether oxygens (including phenoxy) is 1. The van der Waals surface area contributed by atoms with Crippen LogP contribution in [0.5, 0.6) is 0 Å². The fraction of sp³-hybridized carbons (Fsp3) is 0.875. The largest absolute Gasteiger partial charge is 0.468 e. The molecule has 0 bridgehead atoms. The molecule has 82 valence electrons. The molecule has 14 heavy (non-hydrogen) atoms. The lowest BCUT2D eigenvalue weighted by molar-refractivity contribution is -0.139. The summed E-state index contributed by atoms with van der Waals surface area (Å²) in [6, 6.07) is -0.104. The second-order valence-corrected chi connectivity index (χ2v) is 5.64. The van der Waals surface area contributed by atoms with Gasteiger partial charge in [-0.2, -0.15) is 0 Å². The van der Waals surface area contributed by atoms with Crippen LogP contribution in [-0.2, 0) is 19.4 Å². The number of carbonyl (C=O) groups excluding carboxylic acids is 1. The van der Waals surface area contributed by atoms with Crippen molar-refractivity contribution in [3.05, 3.63) is 0 Å². The van der Waals surface area contributed by atoms with Gasteiger partial charge in [0.2, 0.25) is 0 Å². The van der Waals surface area contributed by atoms with Crippen LogP contribution in [0.25, 0.3) is 0 Å². The van der Waals surface area contributed by atoms with Crippen molar-refractivity contribution in [2.24, 2.45) is 0 Å². The number of hydrogen-bond donors (Lipinski definition) is 1. The molecule has 1 heterocycles. The summed E-state index contributed by atoms with van der Waals surface area (Å²) >= 11 is 0. The zero-order valence-electron chi connectivity index (χ0n) is 8.15. The van der Waals surface area contributed by atoms with Gasteiger partial charge >= 0.3 is 5.97 Å². The van der Waals surface area contributed by atoms with Gasteiger partial charge in [0.05, 0.1) is 25.2 Å². The highest BCUT2D eigenvalue weighted by molar-refractivity contribution is 7.91. The summed E-state index contributed by atoms with van der Waals surface area (Å²) in [7, 11) is -1.59. The summed E-state index contributed by atoms with van der Waals surface area (Å²) in [6.45, 7) is 0.0800. The molecule has 1 aliphatic rings. The molecule has 1 atom stereocenters. The standard InChI is InChI=1S/C8H15NO4S/c1-13-8(10)5-9-7-3-2-4-14(11,12)6-7/h7,9H,2-6H2,1H3. The Morgan fingerprint density at radius 3 is 2.86 bits per heavy atom. The third-order valence-electron chi connectivity index (χ3n) is 2.23. The van der Waals surface area contributed by atoms with Crippen LogP contribution in [0.1, 0.15) is 12.8 Å². The topological polar surface area (TPSA) is 72.5 Å². The third kappa shape index (κ3) is 3.63. The number of rotatable bonds is 3. The van der Waals surface area contributed by atoms with Crippen LogP contribution < -0.4 is 5.32 Å². The van der Waals surface area contributed by atoms with Crippen LogP contribution in [0.15, 0.2) is 0 Å². The maximum absolute atomic E-state index is 11.2. The van der Waals surface area contributed by atoms with Crippen molar-refractivity contribution in [2.75, 3.05) is 25.2 Å². The van der Waals surface area contributed by atoms with Gasteiger partial charge in [-0.05, 0) is 12.8 Å². The van der Waals surface area contributed by atoms with E-state index >= 15 is 0 Å². The lowest BCUT2D eigenvalue weighted by Gasteiger charge is -2.22. The first-order valence-corrected chi connectivity index (χ1v) is 6.36. The summed E-state index contributed by atoms with van der Waals surface area (Å²) in [6.07, 6.45) is 1.47. The smallest absolute Gasteiger partial charge is 0.319 e. The van der Waals surface area contributed by atoms with Gasteiger partial charge < -0.3 is 10.1 Å². The van der Waals surface area contributed by atoms with E-state index in [-0.39, 0.29) is 30.1 Å². The minimum Gasteiger partial charge on any atom is -0.468 e. The Hall–Kier alpha value is -0.620. The molecule has 6 heteroatoms. The minimum atomic E-state index is -2.90. The number of hydrogen-bond acceptors (Lipinski definition) is 5. The molecule has 0 aromatic carbocycles. The van der Waals surface area contributed by atoms with E-state index in [1.807, 2.05) is 0 Å². The third-order valence-corrected chi connectivity index (χ3v) is 4.05. The van der Waals surface area contributed by atoms with Crippen molar-refractivity contribution in [1.29, 1.82) is 0 Å². The van der Waals surface area contributed by atoms with Gasteiger partial charge in [0.25, 0.3) is 0 Å². The van der Waals surface area contributed by atoms with Crippen molar-refractivity contribution >= 4 is 15.8 Å². The second kappa shape index (κ2) is 4.75. The van der Waals surface area contributed by atoms with Gasteiger partial charge in [0.15, 0.2) is 9.84 Å². The van der Waals surface area contributed by atoms with Crippen LogP contribution in [-0.4, -0.2) is 45.6 Å². The van der Waals surface area contributed by atoms with Crippen molar-refractivity contribution < 1.29 is 17.9 Å². The molecule has 0 saturated carbocycles. The fourth-order valence-electron chi connectivity index (χ4n) is 1.48. The van der Waals surface area contributed by atoms with E-state index in [0.717, 1.165) is 6.42 Å². The molecule has 1 aliphatic heterocycles. The Labute approximate surface area is 83.7 Å². The van der Waals surface area contributed by atoms with Crippen molar-refractivity contribution in [2.45, 2.75) is 18.9 Å². The van der Waals surface area contributed by atoms with Gasteiger partial charge in [-0.25, -0.2) is 8.42 Å². The van der Waals surface area contributed by atoms with E-state index in [1.54, 1.807) is 0 Å². The summed E-state index contributed by atoms with van der Waals surface area (Å²) < 4.78 is 26.9. The highest BCUT2D eigenvalue weighted by Gasteiger charge is 2.24. The Morgan fingerprint density at radius 2 is 2.29 bits per heavy atom. The monoisotopic (exact) mass is 221 g/mol. The molecule has 0 spiro atoms. The maximum Gasteiger partial charge on any atom is 0.319 e. The molecule has 1 saturated heterocycles. The molecule has 5 nitrogen and oxygen atoms in total. The molecule has 0 aromatic rings. The number of nitrogens with one attached hydrogen (secondary N) is 1. The Morgan fingerprint density at radius 1 is 1.57 bits per heavy atom. The van der Waals surface area contributed by atoms with E-state index < -0.39 is 9.84 Å². The molecular weight excluding hydrogens is 206 g/mol. The average molecular weight is 221 g/mol. The van der Waals surface area contributed by atoms with Gasteiger partial charge in [0, 0.05) is 6.04 Å². The number of sulfone groups is 1. The van der Waals surface area contributed by atoms with Crippen LogP contribution in [0.4, 0.5) is 0 Å². The van der Waals surface area contributed by atoms with Crippen LogP contribution >= 0.6 is 0 Å². The maximum atomic E-state index is 11.2. The van der Waals surface area contributed by atoms with Crippen molar-refractivity contribution in [3.8, 4) is 0 Å². The predicted molar refractivity (Wildman–Crippen MR) is 51.7 cm³/mol. The van der Waals surface area contributed by atoms with Gasteiger partial charge in [-0.15, -0.1) is 0 Å². The number of carbonyl (C=O) groups is 1. The lowest BCUT2D eigenvalue weighted by atomic mass is 10.2. The highest BCUT2D eigenvalue weighted by atomic mass is 32.2. The molecule has 1 unspecified atom stereocenters. The first-order chi connectivity index (χ1) is 6.53. The lowest BCUT2D eigenvalue weighted by Crippen LogP contribution is -2.42. The van der Waals surface area contributed by atoms with Gasteiger partial charge in [-0.3, -0.25) is 4.79 Å². The Bertz CT molecular complexity index is 298. The second-order valence-electron chi connectivity index (χ2n) is 3.41. The normalized spacial score (nSPS) is 25.6. The molecule has 0 aromatic heterocycles. The summed E-state index contributed by atoms with van der Waals surface area (Å²) in [5, 5.41) is 2.87. The zero-order valence-corrected chi connectivity index (χ0v) is 8.97. The molecule has 0 amide bonds.